The van der Waals surface area contributed by atoms with Gasteiger partial charge in [-0.3, -0.25) is 10.1 Å². The van der Waals surface area contributed by atoms with E-state index >= 15 is 0 Å². The van der Waals surface area contributed by atoms with Crippen molar-refractivity contribution in [2.75, 3.05) is 6.54 Å². The molecule has 0 aromatic heterocycles. The quantitative estimate of drug-likeness (QED) is 0.614. The Morgan fingerprint density at radius 3 is 2.32 bits per heavy atom. The maximum absolute atomic E-state index is 12.6. The molecule has 0 spiro atoms. The van der Waals surface area contributed by atoms with Crippen molar-refractivity contribution in [2.45, 2.75) is 4.90 Å². The van der Waals surface area contributed by atoms with Crippen LogP contribution in [0.25, 0.3) is 10.8 Å². The Balaban J connectivity index is 0.00000176. The molecule has 0 aliphatic carbocycles. The van der Waals surface area contributed by atoms with Crippen LogP contribution in [0.1, 0.15) is 0 Å². The molecule has 2 aromatic rings. The van der Waals surface area contributed by atoms with Crippen molar-refractivity contribution in [3.8, 4) is 0 Å². The average Bonchev–Trinajstić information content (AvgIpc) is 2.78. The number of sulfonamides is 1. The molecular weight excluding hydrogens is 383 g/mol. The van der Waals surface area contributed by atoms with E-state index in [0.29, 0.717) is 15.1 Å². The zero-order chi connectivity index (χ0) is 15.2. The molecule has 9 heteroatoms. The summed E-state index contributed by atoms with van der Waals surface area (Å²) in [4.78, 5) is 22.8. The second-order valence-corrected chi connectivity index (χ2v) is 7.14. The van der Waals surface area contributed by atoms with E-state index in [0.717, 1.165) is 4.47 Å². The molecule has 3 amide bonds. The van der Waals surface area contributed by atoms with E-state index in [-0.39, 0.29) is 34.5 Å². The minimum atomic E-state index is -4.08. The summed E-state index contributed by atoms with van der Waals surface area (Å²) in [6.45, 7) is -0.494. The second-order valence-electron chi connectivity index (χ2n) is 4.46. The van der Waals surface area contributed by atoms with Gasteiger partial charge in [0.1, 0.15) is 6.54 Å². The van der Waals surface area contributed by atoms with Crippen LogP contribution in [-0.4, -0.2) is 60.8 Å². The Morgan fingerprint density at radius 2 is 1.68 bits per heavy atom. The third kappa shape index (κ3) is 2.81. The Bertz CT molecular complexity index is 885. The van der Waals surface area contributed by atoms with E-state index in [1.165, 1.54) is 6.07 Å². The molecule has 2 aromatic carbocycles. The predicted molar refractivity (Wildman–Crippen MR) is 86.2 cm³/mol. The number of nitrogens with zero attached hydrogens (tertiary/aromatic N) is 1. The fourth-order valence-corrected chi connectivity index (χ4v) is 4.20. The summed E-state index contributed by atoms with van der Waals surface area (Å²) in [6.07, 6.45) is 0. The van der Waals surface area contributed by atoms with Gasteiger partial charge in [-0.15, -0.1) is 0 Å². The molecule has 0 bridgehead atoms. The molecule has 1 fully saturated rings. The summed E-state index contributed by atoms with van der Waals surface area (Å²) >= 11 is 3.36. The first-order valence-corrected chi connectivity index (χ1v) is 8.18. The summed E-state index contributed by atoms with van der Waals surface area (Å²) in [6, 6.07) is 9.02. The van der Waals surface area contributed by atoms with Crippen LogP contribution in [-0.2, 0) is 14.8 Å². The number of urea groups is 1. The van der Waals surface area contributed by atoms with Crippen molar-refractivity contribution in [1.82, 2.24) is 9.62 Å². The van der Waals surface area contributed by atoms with E-state index in [4.69, 9.17) is 0 Å². The van der Waals surface area contributed by atoms with Gasteiger partial charge in [-0.1, -0.05) is 40.2 Å². The molecule has 0 unspecified atom stereocenters. The number of carbonyl (C=O) groups excluding carboxylic acids is 2. The van der Waals surface area contributed by atoms with Gasteiger partial charge in [0.2, 0.25) is 5.91 Å². The number of carbonyl (C=O) groups is 2. The molecule has 0 saturated carbocycles. The molecule has 1 heterocycles. The molecule has 3 rings (SSSR count). The SMILES string of the molecule is O=C1CN(S(=O)(=O)c2cccc3c(Br)cccc23)C(=O)N1.[NaH]. The Labute approximate surface area is 157 Å². The van der Waals surface area contributed by atoms with E-state index < -0.39 is 28.5 Å². The number of fused-ring (bicyclic) bond motifs is 1. The predicted octanol–water partition coefficient (Wildman–Crippen LogP) is 1.19. The average molecular weight is 393 g/mol. The fourth-order valence-electron chi connectivity index (χ4n) is 2.20. The Hall–Kier alpha value is -0.930. The number of rotatable bonds is 2. The van der Waals surface area contributed by atoms with Gasteiger partial charge >= 0.3 is 35.6 Å². The van der Waals surface area contributed by atoms with Crippen LogP contribution >= 0.6 is 15.9 Å². The number of amides is 3. The summed E-state index contributed by atoms with van der Waals surface area (Å²) < 4.78 is 26.5. The van der Waals surface area contributed by atoms with Gasteiger partial charge in [-0.25, -0.2) is 17.5 Å². The van der Waals surface area contributed by atoms with Crippen LogP contribution in [0, 0.1) is 0 Å². The van der Waals surface area contributed by atoms with E-state index in [1.807, 2.05) is 5.32 Å². The number of hydrogen-bond donors (Lipinski definition) is 1. The number of halogens is 1. The molecule has 22 heavy (non-hydrogen) atoms. The second kappa shape index (κ2) is 6.29. The van der Waals surface area contributed by atoms with E-state index in [2.05, 4.69) is 15.9 Å². The Kier molecular flexibility index (Phi) is 4.98. The van der Waals surface area contributed by atoms with Crippen molar-refractivity contribution >= 4 is 78.2 Å². The van der Waals surface area contributed by atoms with Crippen molar-refractivity contribution in [2.24, 2.45) is 0 Å². The first kappa shape index (κ1) is 17.4. The molecule has 0 radical (unpaired) electrons. The van der Waals surface area contributed by atoms with Crippen LogP contribution in [0.4, 0.5) is 4.79 Å². The molecule has 1 aliphatic rings. The molecule has 6 nitrogen and oxygen atoms in total. The van der Waals surface area contributed by atoms with Crippen LogP contribution < -0.4 is 5.32 Å². The zero-order valence-corrected chi connectivity index (χ0v) is 12.9. The van der Waals surface area contributed by atoms with Crippen LogP contribution in [0.3, 0.4) is 0 Å². The van der Waals surface area contributed by atoms with Gasteiger partial charge in [0.25, 0.3) is 10.0 Å². The van der Waals surface area contributed by atoms with Gasteiger partial charge in [0, 0.05) is 9.86 Å². The Morgan fingerprint density at radius 1 is 1.05 bits per heavy atom. The summed E-state index contributed by atoms with van der Waals surface area (Å²) in [5.74, 6) is -0.634. The number of hydrogen-bond acceptors (Lipinski definition) is 4. The van der Waals surface area contributed by atoms with Gasteiger partial charge < -0.3 is 0 Å². The fraction of sp³-hybridized carbons (Fsp3) is 0.0769. The zero-order valence-electron chi connectivity index (χ0n) is 10.5. The number of nitrogens with one attached hydrogen (secondary N) is 1. The van der Waals surface area contributed by atoms with E-state index in [1.54, 1.807) is 30.3 Å². The summed E-state index contributed by atoms with van der Waals surface area (Å²) in [5, 5.41) is 3.16. The third-order valence-electron chi connectivity index (χ3n) is 3.16. The van der Waals surface area contributed by atoms with Gasteiger partial charge in [0.15, 0.2) is 0 Å². The minimum absolute atomic E-state index is 0. The third-order valence-corrected chi connectivity index (χ3v) is 5.64. The van der Waals surface area contributed by atoms with Crippen molar-refractivity contribution in [1.29, 1.82) is 0 Å². The number of imide groups is 1. The summed E-state index contributed by atoms with van der Waals surface area (Å²) in [7, 11) is -4.08. The maximum atomic E-state index is 12.6. The standard InChI is InChI=1S/C13H9BrN2O4S.Na.H/c14-10-5-1-4-9-8(10)3-2-6-11(9)21(19,20)16-7-12(17)15-13(16)18;;/h1-6H,7H2,(H,15,17,18);;. The number of benzene rings is 2. The molecular formula is C13H10BrN2NaO4S. The van der Waals surface area contributed by atoms with E-state index in [9.17, 15) is 18.0 Å². The van der Waals surface area contributed by atoms with Crippen LogP contribution in [0.2, 0.25) is 0 Å². The first-order chi connectivity index (χ1) is 9.91. The topological polar surface area (TPSA) is 83.6 Å². The van der Waals surface area contributed by atoms with Gasteiger partial charge in [-0.2, -0.15) is 0 Å². The van der Waals surface area contributed by atoms with Gasteiger partial charge in [0.05, 0.1) is 4.90 Å². The molecule has 1 N–H and O–H groups in total. The van der Waals surface area contributed by atoms with Crippen LogP contribution in [0.15, 0.2) is 45.8 Å². The molecule has 0 atom stereocenters. The normalized spacial score (nSPS) is 14.9. The molecule has 1 saturated heterocycles. The van der Waals surface area contributed by atoms with Crippen molar-refractivity contribution in [3.05, 3.63) is 40.9 Å². The van der Waals surface area contributed by atoms with Gasteiger partial charge in [-0.05, 0) is 17.5 Å². The van der Waals surface area contributed by atoms with Crippen molar-refractivity contribution in [3.63, 3.8) is 0 Å². The summed E-state index contributed by atoms with van der Waals surface area (Å²) in [5.41, 5.74) is 0. The molecule has 110 valence electrons. The molecule has 1 aliphatic heterocycles. The monoisotopic (exact) mass is 392 g/mol. The first-order valence-electron chi connectivity index (χ1n) is 5.95. The van der Waals surface area contributed by atoms with Crippen molar-refractivity contribution < 1.29 is 18.0 Å². The van der Waals surface area contributed by atoms with Crippen LogP contribution in [0.5, 0.6) is 0 Å².